The lowest BCUT2D eigenvalue weighted by Crippen LogP contribution is -2.14. The van der Waals surface area contributed by atoms with Crippen LogP contribution >= 0.6 is 15.9 Å². The molecule has 150 valence electrons. The van der Waals surface area contributed by atoms with E-state index >= 15 is 0 Å². The molecule has 0 aliphatic heterocycles. The lowest BCUT2D eigenvalue weighted by molar-refractivity contribution is 0.101. The molecule has 1 N–H and O–H groups in total. The maximum absolute atomic E-state index is 13.4. The first-order valence-electron chi connectivity index (χ1n) is 9.28. The molecule has 0 aliphatic rings. The van der Waals surface area contributed by atoms with Gasteiger partial charge >= 0.3 is 0 Å². The van der Waals surface area contributed by atoms with Gasteiger partial charge in [0.2, 0.25) is 5.82 Å². The number of carbonyl (C=O) groups is 1. The normalized spacial score (nSPS) is 10.8. The van der Waals surface area contributed by atoms with Crippen molar-refractivity contribution in [2.75, 3.05) is 5.32 Å². The van der Waals surface area contributed by atoms with E-state index < -0.39 is 5.91 Å². The Bertz CT molecular complexity index is 1220. The summed E-state index contributed by atoms with van der Waals surface area (Å²) in [5.41, 5.74) is 4.30. The van der Waals surface area contributed by atoms with Crippen LogP contribution in [0.4, 0.5) is 10.1 Å². The number of hydrogen-bond acceptors (Lipinski definition) is 3. The molecular formula is C23H18BrFN4O. The highest BCUT2D eigenvalue weighted by Crippen LogP contribution is 2.24. The second-order valence-corrected chi connectivity index (χ2v) is 7.82. The fourth-order valence-corrected chi connectivity index (χ4v) is 3.22. The van der Waals surface area contributed by atoms with E-state index in [1.165, 1.54) is 12.1 Å². The highest BCUT2D eigenvalue weighted by atomic mass is 79.9. The molecule has 1 aromatic heterocycles. The van der Waals surface area contributed by atoms with Crippen molar-refractivity contribution in [3.05, 3.63) is 94.0 Å². The molecule has 7 heteroatoms. The highest BCUT2D eigenvalue weighted by molar-refractivity contribution is 9.10. The van der Waals surface area contributed by atoms with Crippen LogP contribution in [-0.2, 0) is 0 Å². The van der Waals surface area contributed by atoms with Crippen molar-refractivity contribution in [2.45, 2.75) is 13.8 Å². The van der Waals surface area contributed by atoms with Crippen LogP contribution in [0.1, 0.15) is 21.7 Å². The third-order valence-electron chi connectivity index (χ3n) is 4.75. The van der Waals surface area contributed by atoms with Crippen LogP contribution in [-0.4, -0.2) is 20.7 Å². The minimum absolute atomic E-state index is 0.0236. The van der Waals surface area contributed by atoms with E-state index in [0.717, 1.165) is 21.3 Å². The van der Waals surface area contributed by atoms with Gasteiger partial charge in [0.25, 0.3) is 5.91 Å². The summed E-state index contributed by atoms with van der Waals surface area (Å²) in [4.78, 5) is 17.2. The molecule has 30 heavy (non-hydrogen) atoms. The van der Waals surface area contributed by atoms with Gasteiger partial charge in [0.1, 0.15) is 5.82 Å². The van der Waals surface area contributed by atoms with Gasteiger partial charge in [0.15, 0.2) is 5.82 Å². The van der Waals surface area contributed by atoms with Crippen molar-refractivity contribution in [1.82, 2.24) is 14.8 Å². The predicted octanol–water partition coefficient (Wildman–Crippen LogP) is 5.71. The SMILES string of the molecule is Cc1ccc(-n2nc(C(=O)Nc3ccc(Br)cc3)nc2-c2ccc(F)cc2)cc1C. The van der Waals surface area contributed by atoms with Gasteiger partial charge in [-0.3, -0.25) is 4.79 Å². The van der Waals surface area contributed by atoms with E-state index in [-0.39, 0.29) is 11.6 Å². The highest BCUT2D eigenvalue weighted by Gasteiger charge is 2.19. The molecule has 1 amide bonds. The molecular weight excluding hydrogens is 447 g/mol. The van der Waals surface area contributed by atoms with Crippen LogP contribution in [0.2, 0.25) is 0 Å². The Kier molecular flexibility index (Phi) is 5.46. The zero-order valence-corrected chi connectivity index (χ0v) is 17.9. The molecule has 0 bridgehead atoms. The number of nitrogens with one attached hydrogen (secondary N) is 1. The monoisotopic (exact) mass is 464 g/mol. The van der Waals surface area contributed by atoms with E-state index in [2.05, 4.69) is 31.3 Å². The molecule has 0 saturated carbocycles. The fourth-order valence-electron chi connectivity index (χ4n) is 2.95. The lowest BCUT2D eigenvalue weighted by Gasteiger charge is -2.08. The first kappa shape index (κ1) is 20.0. The maximum atomic E-state index is 13.4. The zero-order chi connectivity index (χ0) is 21.3. The van der Waals surface area contributed by atoms with E-state index in [0.29, 0.717) is 17.1 Å². The number of rotatable bonds is 4. The summed E-state index contributed by atoms with van der Waals surface area (Å²) in [7, 11) is 0. The van der Waals surface area contributed by atoms with Crippen LogP contribution < -0.4 is 5.32 Å². The Hall–Kier alpha value is -3.32. The molecule has 0 unspecified atom stereocenters. The van der Waals surface area contributed by atoms with Crippen molar-refractivity contribution < 1.29 is 9.18 Å². The van der Waals surface area contributed by atoms with Crippen LogP contribution in [0.5, 0.6) is 0 Å². The standard InChI is InChI=1S/C23H18BrFN4O/c1-14-3-12-20(13-15(14)2)29-22(16-4-8-18(25)9-5-16)27-21(28-29)23(30)26-19-10-6-17(24)7-11-19/h3-13H,1-2H3,(H,26,30). The molecule has 4 rings (SSSR count). The van der Waals surface area contributed by atoms with Crippen molar-refractivity contribution in [3.8, 4) is 17.1 Å². The number of halogens is 2. The van der Waals surface area contributed by atoms with Gasteiger partial charge in [-0.15, -0.1) is 5.10 Å². The summed E-state index contributed by atoms with van der Waals surface area (Å²) in [6, 6.07) is 19.1. The van der Waals surface area contributed by atoms with Gasteiger partial charge in [-0.2, -0.15) is 0 Å². The minimum atomic E-state index is -0.428. The molecule has 3 aromatic carbocycles. The third kappa shape index (κ3) is 4.16. The Morgan fingerprint density at radius 3 is 2.33 bits per heavy atom. The van der Waals surface area contributed by atoms with Crippen molar-refractivity contribution in [3.63, 3.8) is 0 Å². The largest absolute Gasteiger partial charge is 0.319 e. The van der Waals surface area contributed by atoms with Crippen molar-refractivity contribution in [1.29, 1.82) is 0 Å². The number of anilines is 1. The Labute approximate surface area is 181 Å². The van der Waals surface area contributed by atoms with Crippen LogP contribution in [0.15, 0.2) is 71.2 Å². The van der Waals surface area contributed by atoms with Crippen LogP contribution in [0, 0.1) is 19.7 Å². The topological polar surface area (TPSA) is 59.8 Å². The summed E-state index contributed by atoms with van der Waals surface area (Å²) in [6.45, 7) is 4.03. The van der Waals surface area contributed by atoms with E-state index in [4.69, 9.17) is 0 Å². The Morgan fingerprint density at radius 2 is 1.67 bits per heavy atom. The quantitative estimate of drug-likeness (QED) is 0.420. The first-order valence-corrected chi connectivity index (χ1v) is 10.1. The van der Waals surface area contributed by atoms with E-state index in [9.17, 15) is 9.18 Å². The first-order chi connectivity index (χ1) is 14.4. The molecule has 0 fully saturated rings. The Balaban J connectivity index is 1.76. The molecule has 5 nitrogen and oxygen atoms in total. The second-order valence-electron chi connectivity index (χ2n) is 6.91. The number of nitrogens with zero attached hydrogens (tertiary/aromatic N) is 3. The number of amides is 1. The van der Waals surface area contributed by atoms with Crippen molar-refractivity contribution in [2.24, 2.45) is 0 Å². The van der Waals surface area contributed by atoms with Gasteiger partial charge in [-0.1, -0.05) is 22.0 Å². The van der Waals surface area contributed by atoms with Gasteiger partial charge < -0.3 is 5.32 Å². The summed E-state index contributed by atoms with van der Waals surface area (Å²) < 4.78 is 15.9. The second kappa shape index (κ2) is 8.20. The summed E-state index contributed by atoms with van der Waals surface area (Å²) in [6.07, 6.45) is 0. The number of aromatic nitrogens is 3. The van der Waals surface area contributed by atoms with Crippen molar-refractivity contribution >= 4 is 27.5 Å². The summed E-state index contributed by atoms with van der Waals surface area (Å²) in [5.74, 6) is -0.290. The maximum Gasteiger partial charge on any atom is 0.295 e. The van der Waals surface area contributed by atoms with E-state index in [1.54, 1.807) is 28.9 Å². The van der Waals surface area contributed by atoms with Gasteiger partial charge in [0, 0.05) is 15.7 Å². The van der Waals surface area contributed by atoms with Crippen LogP contribution in [0.25, 0.3) is 17.1 Å². The molecule has 0 aliphatic carbocycles. The molecule has 1 heterocycles. The number of benzene rings is 3. The smallest absolute Gasteiger partial charge is 0.295 e. The molecule has 0 spiro atoms. The van der Waals surface area contributed by atoms with Gasteiger partial charge in [0.05, 0.1) is 5.69 Å². The number of hydrogen-bond donors (Lipinski definition) is 1. The molecule has 0 atom stereocenters. The lowest BCUT2D eigenvalue weighted by atomic mass is 10.1. The van der Waals surface area contributed by atoms with Gasteiger partial charge in [-0.05, 0) is 85.6 Å². The van der Waals surface area contributed by atoms with Crippen LogP contribution in [0.3, 0.4) is 0 Å². The van der Waals surface area contributed by atoms with E-state index in [1.807, 2.05) is 44.2 Å². The Morgan fingerprint density at radius 1 is 0.967 bits per heavy atom. The fraction of sp³-hybridized carbons (Fsp3) is 0.0870. The predicted molar refractivity (Wildman–Crippen MR) is 118 cm³/mol. The third-order valence-corrected chi connectivity index (χ3v) is 5.28. The molecule has 0 radical (unpaired) electrons. The number of aryl methyl sites for hydroxylation is 2. The average molecular weight is 465 g/mol. The zero-order valence-electron chi connectivity index (χ0n) is 16.4. The molecule has 4 aromatic rings. The number of carbonyl (C=O) groups excluding carboxylic acids is 1. The average Bonchev–Trinajstić information content (AvgIpc) is 3.18. The minimum Gasteiger partial charge on any atom is -0.319 e. The summed E-state index contributed by atoms with van der Waals surface area (Å²) >= 11 is 3.37. The summed E-state index contributed by atoms with van der Waals surface area (Å²) in [5, 5.41) is 7.25. The molecule has 0 saturated heterocycles. The van der Waals surface area contributed by atoms with Gasteiger partial charge in [-0.25, -0.2) is 14.1 Å².